The number of thioether (sulfide) groups is 1. The smallest absolute Gasteiger partial charge is 0.00387 e. The minimum absolute atomic E-state index is 0.378. The van der Waals surface area contributed by atoms with Gasteiger partial charge in [-0.3, -0.25) is 0 Å². The van der Waals surface area contributed by atoms with Gasteiger partial charge in [0.1, 0.15) is 0 Å². The van der Waals surface area contributed by atoms with Crippen molar-refractivity contribution in [2.75, 3.05) is 45.7 Å². The van der Waals surface area contributed by atoms with Gasteiger partial charge in [-0.25, -0.2) is 0 Å². The van der Waals surface area contributed by atoms with Crippen molar-refractivity contribution in [1.29, 1.82) is 0 Å². The second-order valence-corrected chi connectivity index (χ2v) is 6.26. The molecule has 0 saturated heterocycles. The summed E-state index contributed by atoms with van der Waals surface area (Å²) in [6.07, 6.45) is 4.81. The van der Waals surface area contributed by atoms with Gasteiger partial charge in [0.15, 0.2) is 0 Å². The molecular formula is C12H28N2S. The molecule has 15 heavy (non-hydrogen) atoms. The third-order valence-corrected chi connectivity index (χ3v) is 3.00. The van der Waals surface area contributed by atoms with Crippen LogP contribution >= 0.6 is 11.8 Å². The molecule has 0 bridgehead atoms. The number of hydrogen-bond acceptors (Lipinski definition) is 3. The van der Waals surface area contributed by atoms with Crippen LogP contribution in [0.15, 0.2) is 0 Å². The maximum atomic E-state index is 3.55. The standard InChI is InChI=1S/C12H28N2S/c1-12(2,11-14(3)4)10-13-8-6-7-9-15-5/h13H,6-11H2,1-5H3. The molecule has 0 unspecified atom stereocenters. The minimum atomic E-state index is 0.378. The van der Waals surface area contributed by atoms with E-state index in [4.69, 9.17) is 0 Å². The lowest BCUT2D eigenvalue weighted by Gasteiger charge is -2.28. The quantitative estimate of drug-likeness (QED) is 0.614. The molecular weight excluding hydrogens is 204 g/mol. The van der Waals surface area contributed by atoms with Crippen LogP contribution < -0.4 is 5.32 Å². The van der Waals surface area contributed by atoms with E-state index in [1.165, 1.54) is 18.6 Å². The van der Waals surface area contributed by atoms with Crippen molar-refractivity contribution in [2.24, 2.45) is 5.41 Å². The van der Waals surface area contributed by atoms with Gasteiger partial charge in [0.2, 0.25) is 0 Å². The molecule has 0 radical (unpaired) electrons. The Bertz CT molecular complexity index is 147. The number of rotatable bonds is 9. The van der Waals surface area contributed by atoms with Gasteiger partial charge in [0, 0.05) is 13.1 Å². The van der Waals surface area contributed by atoms with Crippen molar-refractivity contribution in [2.45, 2.75) is 26.7 Å². The van der Waals surface area contributed by atoms with Crippen LogP contribution in [0.25, 0.3) is 0 Å². The zero-order valence-electron chi connectivity index (χ0n) is 11.1. The average Bonchev–Trinajstić information content (AvgIpc) is 2.08. The Kier molecular flexibility index (Phi) is 8.58. The van der Waals surface area contributed by atoms with E-state index in [9.17, 15) is 0 Å². The summed E-state index contributed by atoms with van der Waals surface area (Å²) in [4.78, 5) is 2.26. The predicted octanol–water partition coefficient (Wildman–Crippen LogP) is 2.31. The average molecular weight is 232 g/mol. The SMILES string of the molecule is CSCCCCNCC(C)(C)CN(C)C. The molecule has 92 valence electrons. The third-order valence-electron chi connectivity index (χ3n) is 2.30. The van der Waals surface area contributed by atoms with Crippen molar-refractivity contribution < 1.29 is 0 Å². The van der Waals surface area contributed by atoms with Crippen LogP contribution in [0.5, 0.6) is 0 Å². The van der Waals surface area contributed by atoms with Gasteiger partial charge in [-0.15, -0.1) is 0 Å². The van der Waals surface area contributed by atoms with Gasteiger partial charge in [-0.2, -0.15) is 11.8 Å². The van der Waals surface area contributed by atoms with Crippen LogP contribution in [0, 0.1) is 5.41 Å². The second kappa shape index (κ2) is 8.43. The largest absolute Gasteiger partial charge is 0.316 e. The normalized spacial score (nSPS) is 12.4. The molecule has 0 rings (SSSR count). The van der Waals surface area contributed by atoms with E-state index in [2.05, 4.69) is 44.4 Å². The Labute approximate surface area is 100 Å². The van der Waals surface area contributed by atoms with E-state index in [0.29, 0.717) is 5.41 Å². The molecule has 0 amide bonds. The van der Waals surface area contributed by atoms with Crippen LogP contribution in [-0.4, -0.2) is 50.6 Å². The third kappa shape index (κ3) is 10.6. The summed E-state index contributed by atoms with van der Waals surface area (Å²) >= 11 is 1.94. The minimum Gasteiger partial charge on any atom is -0.316 e. The van der Waals surface area contributed by atoms with E-state index >= 15 is 0 Å². The van der Waals surface area contributed by atoms with Crippen LogP contribution in [0.3, 0.4) is 0 Å². The molecule has 0 aromatic carbocycles. The first kappa shape index (κ1) is 15.3. The highest BCUT2D eigenvalue weighted by atomic mass is 32.2. The number of unbranched alkanes of at least 4 members (excludes halogenated alkanes) is 1. The van der Waals surface area contributed by atoms with E-state index in [0.717, 1.165) is 19.6 Å². The van der Waals surface area contributed by atoms with Crippen molar-refractivity contribution in [3.8, 4) is 0 Å². The maximum Gasteiger partial charge on any atom is 0.00387 e. The topological polar surface area (TPSA) is 15.3 Å². The Morgan fingerprint density at radius 1 is 1.20 bits per heavy atom. The van der Waals surface area contributed by atoms with E-state index in [-0.39, 0.29) is 0 Å². The predicted molar refractivity (Wildman–Crippen MR) is 72.8 cm³/mol. The lowest BCUT2D eigenvalue weighted by Crippen LogP contribution is -2.37. The lowest BCUT2D eigenvalue weighted by molar-refractivity contribution is 0.232. The highest BCUT2D eigenvalue weighted by Gasteiger charge is 2.17. The molecule has 0 aliphatic rings. The second-order valence-electron chi connectivity index (χ2n) is 5.28. The first-order chi connectivity index (χ1) is 6.98. The van der Waals surface area contributed by atoms with Gasteiger partial charge in [0.25, 0.3) is 0 Å². The first-order valence-electron chi connectivity index (χ1n) is 5.82. The van der Waals surface area contributed by atoms with E-state index in [1.54, 1.807) is 0 Å². The van der Waals surface area contributed by atoms with Gasteiger partial charge in [-0.05, 0) is 50.9 Å². The van der Waals surface area contributed by atoms with E-state index < -0.39 is 0 Å². The molecule has 0 saturated carbocycles. The summed E-state index contributed by atoms with van der Waals surface area (Å²) in [5.41, 5.74) is 0.378. The molecule has 0 aromatic heterocycles. The van der Waals surface area contributed by atoms with Crippen LogP contribution in [0.1, 0.15) is 26.7 Å². The fourth-order valence-corrected chi connectivity index (χ4v) is 2.33. The molecule has 0 atom stereocenters. The molecule has 0 aliphatic heterocycles. The van der Waals surface area contributed by atoms with Gasteiger partial charge >= 0.3 is 0 Å². The monoisotopic (exact) mass is 232 g/mol. The van der Waals surface area contributed by atoms with Gasteiger partial charge in [-0.1, -0.05) is 13.8 Å². The summed E-state index contributed by atoms with van der Waals surface area (Å²) in [6.45, 7) is 8.07. The molecule has 1 N–H and O–H groups in total. The summed E-state index contributed by atoms with van der Waals surface area (Å²) in [5.74, 6) is 1.29. The van der Waals surface area contributed by atoms with Gasteiger partial charge in [0.05, 0.1) is 0 Å². The number of nitrogens with one attached hydrogen (secondary N) is 1. The first-order valence-corrected chi connectivity index (χ1v) is 7.22. The molecule has 0 aromatic rings. The zero-order chi connectivity index (χ0) is 11.7. The summed E-state index contributed by atoms with van der Waals surface area (Å²) in [7, 11) is 4.28. The van der Waals surface area contributed by atoms with Crippen molar-refractivity contribution >= 4 is 11.8 Å². The Balaban J connectivity index is 3.40. The summed E-state index contributed by atoms with van der Waals surface area (Å²) in [6, 6.07) is 0. The lowest BCUT2D eigenvalue weighted by atomic mass is 9.93. The van der Waals surface area contributed by atoms with Crippen molar-refractivity contribution in [1.82, 2.24) is 10.2 Å². The zero-order valence-corrected chi connectivity index (χ0v) is 11.9. The molecule has 2 nitrogen and oxygen atoms in total. The maximum absolute atomic E-state index is 3.55. The van der Waals surface area contributed by atoms with Gasteiger partial charge < -0.3 is 10.2 Å². The summed E-state index contributed by atoms with van der Waals surface area (Å²) in [5, 5.41) is 3.55. The van der Waals surface area contributed by atoms with Crippen LogP contribution in [0.4, 0.5) is 0 Å². The highest BCUT2D eigenvalue weighted by Crippen LogP contribution is 2.13. The fraction of sp³-hybridized carbons (Fsp3) is 1.00. The fourth-order valence-electron chi connectivity index (χ4n) is 1.84. The Morgan fingerprint density at radius 3 is 2.40 bits per heavy atom. The van der Waals surface area contributed by atoms with Crippen LogP contribution in [-0.2, 0) is 0 Å². The number of nitrogens with zero attached hydrogens (tertiary/aromatic N) is 1. The van der Waals surface area contributed by atoms with Crippen molar-refractivity contribution in [3.63, 3.8) is 0 Å². The molecule has 0 heterocycles. The molecule has 3 heteroatoms. The number of hydrogen-bond donors (Lipinski definition) is 1. The molecule has 0 spiro atoms. The van der Waals surface area contributed by atoms with Crippen LogP contribution in [0.2, 0.25) is 0 Å². The van der Waals surface area contributed by atoms with Crippen molar-refractivity contribution in [3.05, 3.63) is 0 Å². The highest BCUT2D eigenvalue weighted by molar-refractivity contribution is 7.98. The Hall–Kier alpha value is 0.270. The molecule has 0 fully saturated rings. The summed E-state index contributed by atoms with van der Waals surface area (Å²) < 4.78 is 0. The molecule has 0 aliphatic carbocycles. The van der Waals surface area contributed by atoms with E-state index in [1.807, 2.05) is 11.8 Å². The Morgan fingerprint density at radius 2 is 1.87 bits per heavy atom.